The molecule has 0 radical (unpaired) electrons. The lowest BCUT2D eigenvalue weighted by Crippen LogP contribution is -2.44. The number of aryl methyl sites for hydroxylation is 3. The van der Waals surface area contributed by atoms with Crippen LogP contribution < -0.4 is 0 Å². The number of aliphatic hydroxyl groups is 1. The molecule has 0 bridgehead atoms. The molecule has 0 aliphatic carbocycles. The van der Waals surface area contributed by atoms with Crippen molar-refractivity contribution in [3.8, 4) is 0 Å². The Morgan fingerprint density at radius 1 is 0.818 bits per heavy atom. The average Bonchev–Trinajstić information content (AvgIpc) is 2.43. The standard InChI is InChI=1S/C18H19F3O/c1-11-8-9-15(10-13(11)3)17(22,18(19,20)21)16-7-5-6-12(2)14(16)4/h5-10,22H,1-4H3. The van der Waals surface area contributed by atoms with E-state index in [0.717, 1.165) is 5.56 Å². The molecule has 0 amide bonds. The Hall–Kier alpha value is -1.81. The highest BCUT2D eigenvalue weighted by Crippen LogP contribution is 2.45. The van der Waals surface area contributed by atoms with E-state index in [1.54, 1.807) is 32.9 Å². The first-order valence-corrected chi connectivity index (χ1v) is 7.02. The molecule has 0 aliphatic heterocycles. The third-order valence-corrected chi connectivity index (χ3v) is 4.33. The van der Waals surface area contributed by atoms with E-state index in [9.17, 15) is 18.3 Å². The lowest BCUT2D eigenvalue weighted by molar-refractivity contribution is -0.248. The predicted octanol–water partition coefficient (Wildman–Crippen LogP) is 4.72. The van der Waals surface area contributed by atoms with Gasteiger partial charge in [0.25, 0.3) is 0 Å². The summed E-state index contributed by atoms with van der Waals surface area (Å²) in [6, 6.07) is 8.96. The summed E-state index contributed by atoms with van der Waals surface area (Å²) >= 11 is 0. The van der Waals surface area contributed by atoms with Gasteiger partial charge in [0.2, 0.25) is 5.60 Å². The average molecular weight is 308 g/mol. The number of halogens is 3. The number of hydrogen-bond donors (Lipinski definition) is 1. The van der Waals surface area contributed by atoms with Crippen LogP contribution >= 0.6 is 0 Å². The molecule has 2 aromatic rings. The van der Waals surface area contributed by atoms with Crippen molar-refractivity contribution in [3.05, 3.63) is 69.8 Å². The summed E-state index contributed by atoms with van der Waals surface area (Å²) in [6.07, 6.45) is -4.81. The molecule has 22 heavy (non-hydrogen) atoms. The van der Waals surface area contributed by atoms with Crippen LogP contribution in [0.4, 0.5) is 13.2 Å². The van der Waals surface area contributed by atoms with Crippen molar-refractivity contribution in [2.24, 2.45) is 0 Å². The maximum Gasteiger partial charge on any atom is 0.425 e. The first kappa shape index (κ1) is 16.6. The molecule has 2 aromatic carbocycles. The first-order valence-electron chi connectivity index (χ1n) is 7.02. The minimum absolute atomic E-state index is 0.122. The summed E-state index contributed by atoms with van der Waals surface area (Å²) < 4.78 is 41.3. The van der Waals surface area contributed by atoms with Gasteiger partial charge < -0.3 is 5.11 Å². The molecule has 0 fully saturated rings. The van der Waals surface area contributed by atoms with Crippen molar-refractivity contribution in [1.29, 1.82) is 0 Å². The molecule has 1 unspecified atom stereocenters. The SMILES string of the molecule is Cc1ccc(C(O)(c2cccc(C)c2C)C(F)(F)F)cc1C. The molecule has 2 rings (SSSR count). The van der Waals surface area contributed by atoms with E-state index >= 15 is 0 Å². The largest absolute Gasteiger partial charge is 0.425 e. The van der Waals surface area contributed by atoms with E-state index in [1.165, 1.54) is 24.3 Å². The summed E-state index contributed by atoms with van der Waals surface area (Å²) in [4.78, 5) is 0. The van der Waals surface area contributed by atoms with E-state index in [0.29, 0.717) is 16.7 Å². The molecule has 118 valence electrons. The van der Waals surface area contributed by atoms with E-state index in [-0.39, 0.29) is 11.1 Å². The molecular formula is C18H19F3O. The van der Waals surface area contributed by atoms with Crippen molar-refractivity contribution in [3.63, 3.8) is 0 Å². The number of hydrogen-bond acceptors (Lipinski definition) is 1. The Kier molecular flexibility index (Phi) is 4.09. The second-order valence-electron chi connectivity index (χ2n) is 5.75. The van der Waals surface area contributed by atoms with Gasteiger partial charge >= 0.3 is 6.18 Å². The van der Waals surface area contributed by atoms with Crippen LogP contribution in [0, 0.1) is 27.7 Å². The van der Waals surface area contributed by atoms with Crippen LogP contribution in [0.15, 0.2) is 36.4 Å². The van der Waals surface area contributed by atoms with Gasteiger partial charge in [-0.15, -0.1) is 0 Å². The molecule has 0 spiro atoms. The Bertz CT molecular complexity index is 704. The molecule has 1 atom stereocenters. The molecule has 0 aliphatic rings. The van der Waals surface area contributed by atoms with Crippen LogP contribution in [0.5, 0.6) is 0 Å². The first-order chi connectivity index (χ1) is 10.1. The van der Waals surface area contributed by atoms with Crippen LogP contribution in [0.3, 0.4) is 0 Å². The summed E-state index contributed by atoms with van der Waals surface area (Å²) in [7, 11) is 0. The highest BCUT2D eigenvalue weighted by Gasteiger charge is 2.56. The summed E-state index contributed by atoms with van der Waals surface area (Å²) in [5.74, 6) is 0. The molecule has 1 nitrogen and oxygen atoms in total. The van der Waals surface area contributed by atoms with Crippen molar-refractivity contribution < 1.29 is 18.3 Å². The van der Waals surface area contributed by atoms with Crippen LogP contribution in [0.25, 0.3) is 0 Å². The monoisotopic (exact) mass is 308 g/mol. The van der Waals surface area contributed by atoms with E-state index < -0.39 is 11.8 Å². The zero-order valence-corrected chi connectivity index (χ0v) is 13.0. The van der Waals surface area contributed by atoms with E-state index in [4.69, 9.17) is 0 Å². The second kappa shape index (κ2) is 5.43. The fraction of sp³-hybridized carbons (Fsp3) is 0.333. The number of alkyl halides is 3. The molecule has 0 saturated heterocycles. The van der Waals surface area contributed by atoms with Crippen LogP contribution in [-0.4, -0.2) is 11.3 Å². The minimum Gasteiger partial charge on any atom is -0.372 e. The fourth-order valence-electron chi connectivity index (χ4n) is 2.58. The fourth-order valence-corrected chi connectivity index (χ4v) is 2.58. The zero-order chi connectivity index (χ0) is 16.7. The zero-order valence-electron chi connectivity index (χ0n) is 13.0. The summed E-state index contributed by atoms with van der Waals surface area (Å²) in [5.41, 5.74) is -0.536. The normalized spacial score (nSPS) is 14.7. The third kappa shape index (κ3) is 2.52. The van der Waals surface area contributed by atoms with Crippen LogP contribution in [-0.2, 0) is 5.60 Å². The quantitative estimate of drug-likeness (QED) is 0.851. The van der Waals surface area contributed by atoms with Gasteiger partial charge in [0.05, 0.1) is 0 Å². The van der Waals surface area contributed by atoms with Gasteiger partial charge in [-0.2, -0.15) is 13.2 Å². The van der Waals surface area contributed by atoms with Gasteiger partial charge in [-0.05, 0) is 55.5 Å². The van der Waals surface area contributed by atoms with Crippen molar-refractivity contribution in [1.82, 2.24) is 0 Å². The Balaban J connectivity index is 2.79. The smallest absolute Gasteiger partial charge is 0.372 e. The maximum absolute atomic E-state index is 13.8. The summed E-state index contributed by atoms with van der Waals surface area (Å²) in [5, 5.41) is 10.7. The van der Waals surface area contributed by atoms with Gasteiger partial charge in [-0.3, -0.25) is 0 Å². The molecule has 0 saturated carbocycles. The lowest BCUT2D eigenvalue weighted by Gasteiger charge is -2.33. The Morgan fingerprint density at radius 2 is 1.45 bits per heavy atom. The third-order valence-electron chi connectivity index (χ3n) is 4.33. The minimum atomic E-state index is -4.81. The van der Waals surface area contributed by atoms with E-state index in [2.05, 4.69) is 0 Å². The highest BCUT2D eigenvalue weighted by molar-refractivity contribution is 5.46. The van der Waals surface area contributed by atoms with Gasteiger partial charge in [-0.25, -0.2) is 0 Å². The maximum atomic E-state index is 13.8. The second-order valence-corrected chi connectivity index (χ2v) is 5.75. The number of benzene rings is 2. The van der Waals surface area contributed by atoms with Gasteiger partial charge in [-0.1, -0.05) is 36.4 Å². The van der Waals surface area contributed by atoms with Gasteiger partial charge in [0.15, 0.2) is 0 Å². The Labute approximate surface area is 128 Å². The molecule has 0 heterocycles. The molecular weight excluding hydrogens is 289 g/mol. The Morgan fingerprint density at radius 3 is 2.00 bits per heavy atom. The van der Waals surface area contributed by atoms with Gasteiger partial charge in [0, 0.05) is 5.56 Å². The van der Waals surface area contributed by atoms with Crippen LogP contribution in [0.1, 0.15) is 33.4 Å². The highest BCUT2D eigenvalue weighted by atomic mass is 19.4. The predicted molar refractivity (Wildman–Crippen MR) is 80.9 cm³/mol. The van der Waals surface area contributed by atoms with Crippen molar-refractivity contribution in [2.75, 3.05) is 0 Å². The number of rotatable bonds is 2. The lowest BCUT2D eigenvalue weighted by atomic mass is 9.81. The summed E-state index contributed by atoms with van der Waals surface area (Å²) in [6.45, 7) is 6.89. The van der Waals surface area contributed by atoms with E-state index in [1.807, 2.05) is 6.92 Å². The molecule has 4 heteroatoms. The van der Waals surface area contributed by atoms with Gasteiger partial charge in [0.1, 0.15) is 0 Å². The topological polar surface area (TPSA) is 20.2 Å². The van der Waals surface area contributed by atoms with Crippen LogP contribution in [0.2, 0.25) is 0 Å². The molecule has 1 N–H and O–H groups in total. The molecule has 0 aromatic heterocycles. The van der Waals surface area contributed by atoms with Crippen molar-refractivity contribution >= 4 is 0 Å². The van der Waals surface area contributed by atoms with Crippen molar-refractivity contribution in [2.45, 2.75) is 39.5 Å².